The molecule has 1 aromatic heterocycles. The Morgan fingerprint density at radius 2 is 1.94 bits per heavy atom. The fourth-order valence-electron chi connectivity index (χ4n) is 3.58. The first-order chi connectivity index (χ1) is 15.0. The van der Waals surface area contributed by atoms with Crippen LogP contribution in [0.3, 0.4) is 0 Å². The summed E-state index contributed by atoms with van der Waals surface area (Å²) < 4.78 is 68.2. The number of amides is 4. The number of pyridine rings is 1. The molecular weight excluding hydrogens is 459 g/mol. The molecule has 0 bridgehead atoms. The number of hydrogen-bond donors (Lipinski definition) is 0. The van der Waals surface area contributed by atoms with Crippen molar-refractivity contribution < 1.29 is 31.5 Å². The summed E-state index contributed by atoms with van der Waals surface area (Å²) in [5, 5.41) is -0.813. The van der Waals surface area contributed by atoms with Crippen molar-refractivity contribution in [2.75, 3.05) is 29.9 Å². The van der Waals surface area contributed by atoms with Gasteiger partial charge >= 0.3 is 18.2 Å². The number of alkyl halides is 3. The van der Waals surface area contributed by atoms with E-state index in [1.54, 1.807) is 0 Å². The van der Waals surface area contributed by atoms with E-state index in [-0.39, 0.29) is 42.3 Å². The summed E-state index contributed by atoms with van der Waals surface area (Å²) in [7, 11) is 1.16. The molecule has 6 nitrogen and oxygen atoms in total. The molecule has 1 aliphatic heterocycles. The summed E-state index contributed by atoms with van der Waals surface area (Å²) in [6.07, 6.45) is -1.61. The fourth-order valence-corrected chi connectivity index (χ4v) is 3.74. The summed E-state index contributed by atoms with van der Waals surface area (Å²) in [6.45, 7) is -0.279. The average Bonchev–Trinajstić information content (AvgIpc) is 3.36. The number of rotatable bonds is 2. The van der Waals surface area contributed by atoms with E-state index in [0.29, 0.717) is 0 Å². The maximum absolute atomic E-state index is 14.3. The van der Waals surface area contributed by atoms with Crippen LogP contribution < -0.4 is 9.80 Å². The third-order valence-electron chi connectivity index (χ3n) is 5.20. The van der Waals surface area contributed by atoms with Gasteiger partial charge in [0.25, 0.3) is 0 Å². The van der Waals surface area contributed by atoms with E-state index in [2.05, 4.69) is 4.98 Å². The van der Waals surface area contributed by atoms with Crippen LogP contribution in [0.5, 0.6) is 0 Å². The summed E-state index contributed by atoms with van der Waals surface area (Å²) in [5.41, 5.74) is -1.17. The number of carbonyl (C=O) groups is 2. The highest BCUT2D eigenvalue weighted by Crippen LogP contribution is 2.38. The van der Waals surface area contributed by atoms with E-state index in [9.17, 15) is 31.5 Å². The summed E-state index contributed by atoms with van der Waals surface area (Å²) in [5.74, 6) is -2.44. The molecule has 0 saturated carbocycles. The van der Waals surface area contributed by atoms with E-state index in [0.717, 1.165) is 39.9 Å². The number of benzene rings is 1. The molecule has 2 heterocycles. The molecule has 4 rings (SSSR count). The second kappa shape index (κ2) is 7.73. The molecule has 1 aromatic carbocycles. The largest absolute Gasteiger partial charge is 0.417 e. The molecule has 0 radical (unpaired) electrons. The predicted octanol–water partition coefficient (Wildman–Crippen LogP) is 5.10. The molecule has 168 valence electrons. The molecule has 32 heavy (non-hydrogen) atoms. The van der Waals surface area contributed by atoms with Crippen LogP contribution in [0, 0.1) is 11.6 Å². The number of hydrogen-bond acceptors (Lipinski definition) is 3. The van der Waals surface area contributed by atoms with Crippen molar-refractivity contribution >= 4 is 41.2 Å². The average molecular weight is 473 g/mol. The zero-order valence-corrected chi connectivity index (χ0v) is 17.1. The van der Waals surface area contributed by atoms with Crippen molar-refractivity contribution in [2.24, 2.45) is 0 Å². The van der Waals surface area contributed by atoms with Crippen molar-refractivity contribution in [1.29, 1.82) is 0 Å². The SMILES string of the molecule is CN(C(=O)N1CCN(c2cc(C(F)(F)F)c3c(n2)CC=C3)C1=O)c1ccc(F)c(Cl)c1F. The highest BCUT2D eigenvalue weighted by molar-refractivity contribution is 6.31. The zero-order valence-electron chi connectivity index (χ0n) is 16.4. The number of aromatic nitrogens is 1. The van der Waals surface area contributed by atoms with E-state index in [4.69, 9.17) is 11.6 Å². The van der Waals surface area contributed by atoms with Crippen LogP contribution >= 0.6 is 11.6 Å². The molecule has 4 amide bonds. The molecular formula is C20H14ClF5N4O2. The molecule has 1 fully saturated rings. The summed E-state index contributed by atoms with van der Waals surface area (Å²) >= 11 is 5.54. The predicted molar refractivity (Wildman–Crippen MR) is 107 cm³/mol. The number of allylic oxidation sites excluding steroid dienone is 1. The first-order valence-electron chi connectivity index (χ1n) is 9.28. The first-order valence-corrected chi connectivity index (χ1v) is 9.66. The Hall–Kier alpha value is -3.21. The lowest BCUT2D eigenvalue weighted by atomic mass is 10.1. The second-order valence-electron chi connectivity index (χ2n) is 7.11. The van der Waals surface area contributed by atoms with Crippen molar-refractivity contribution in [3.05, 3.63) is 57.8 Å². The minimum absolute atomic E-state index is 0.0516. The zero-order chi connectivity index (χ0) is 23.4. The summed E-state index contributed by atoms with van der Waals surface area (Å²) in [4.78, 5) is 32.2. The standard InChI is InChI=1S/C20H14ClF5N4O2/c1-28(14-6-5-12(22)16(21)17(14)23)18(31)30-8-7-29(19(30)32)15-9-11(20(24,25)26)10-3-2-4-13(10)27-15/h2-3,5-6,9H,4,7-8H2,1H3. The molecule has 1 saturated heterocycles. The maximum atomic E-state index is 14.3. The molecule has 2 aliphatic rings. The van der Waals surface area contributed by atoms with Crippen LogP contribution in [-0.2, 0) is 12.6 Å². The van der Waals surface area contributed by atoms with Gasteiger partial charge < -0.3 is 0 Å². The van der Waals surface area contributed by atoms with Crippen LogP contribution in [0.25, 0.3) is 6.08 Å². The van der Waals surface area contributed by atoms with Crippen molar-refractivity contribution in [1.82, 2.24) is 9.88 Å². The number of fused-ring (bicyclic) bond motifs is 1. The van der Waals surface area contributed by atoms with Crippen LogP contribution in [0.2, 0.25) is 5.02 Å². The molecule has 12 heteroatoms. The van der Waals surface area contributed by atoms with Gasteiger partial charge in [-0.05, 0) is 18.2 Å². The topological polar surface area (TPSA) is 56.8 Å². The van der Waals surface area contributed by atoms with Crippen molar-refractivity contribution in [3.8, 4) is 0 Å². The van der Waals surface area contributed by atoms with E-state index >= 15 is 0 Å². The van der Waals surface area contributed by atoms with Gasteiger partial charge in [0.15, 0.2) is 5.82 Å². The van der Waals surface area contributed by atoms with Crippen molar-refractivity contribution in [2.45, 2.75) is 12.6 Å². The highest BCUT2D eigenvalue weighted by atomic mass is 35.5. The molecule has 0 N–H and O–H groups in total. The van der Waals surface area contributed by atoms with Gasteiger partial charge in [-0.15, -0.1) is 0 Å². The Morgan fingerprint density at radius 1 is 1.22 bits per heavy atom. The molecule has 2 aromatic rings. The Morgan fingerprint density at radius 3 is 2.62 bits per heavy atom. The third-order valence-corrected chi connectivity index (χ3v) is 5.55. The molecule has 0 atom stereocenters. The molecule has 0 spiro atoms. The monoisotopic (exact) mass is 472 g/mol. The Bertz CT molecular complexity index is 1170. The van der Waals surface area contributed by atoms with Gasteiger partial charge in [-0.2, -0.15) is 13.2 Å². The number of anilines is 2. The van der Waals surface area contributed by atoms with Gasteiger partial charge in [0, 0.05) is 25.6 Å². The third kappa shape index (κ3) is 3.56. The normalized spacial score (nSPS) is 15.5. The lowest BCUT2D eigenvalue weighted by Crippen LogP contribution is -2.44. The van der Waals surface area contributed by atoms with E-state index in [1.165, 1.54) is 12.2 Å². The van der Waals surface area contributed by atoms with Gasteiger partial charge in [-0.25, -0.2) is 28.3 Å². The number of imide groups is 1. The lowest BCUT2D eigenvalue weighted by Gasteiger charge is -2.24. The minimum atomic E-state index is -4.66. The Kier molecular flexibility index (Phi) is 5.32. The summed E-state index contributed by atoms with van der Waals surface area (Å²) in [6, 6.07) is 0.741. The van der Waals surface area contributed by atoms with Crippen LogP contribution in [0.15, 0.2) is 24.3 Å². The van der Waals surface area contributed by atoms with Gasteiger partial charge in [0.1, 0.15) is 16.7 Å². The Labute approximate surface area is 183 Å². The smallest absolute Gasteiger partial charge is 0.294 e. The Balaban J connectivity index is 1.61. The van der Waals surface area contributed by atoms with E-state index < -0.39 is 40.5 Å². The van der Waals surface area contributed by atoms with Crippen LogP contribution in [-0.4, -0.2) is 42.1 Å². The molecule has 0 unspecified atom stereocenters. The lowest BCUT2D eigenvalue weighted by molar-refractivity contribution is -0.137. The van der Waals surface area contributed by atoms with E-state index in [1.807, 2.05) is 0 Å². The molecule has 1 aliphatic carbocycles. The minimum Gasteiger partial charge on any atom is -0.294 e. The first kappa shape index (κ1) is 22.0. The van der Waals surface area contributed by atoms with Gasteiger partial charge in [-0.3, -0.25) is 9.80 Å². The second-order valence-corrected chi connectivity index (χ2v) is 7.49. The van der Waals surface area contributed by atoms with Crippen LogP contribution in [0.1, 0.15) is 16.8 Å². The van der Waals surface area contributed by atoms with Crippen LogP contribution in [0.4, 0.5) is 43.0 Å². The van der Waals surface area contributed by atoms with Gasteiger partial charge in [0.2, 0.25) is 0 Å². The number of urea groups is 2. The van der Waals surface area contributed by atoms with Crippen molar-refractivity contribution in [3.63, 3.8) is 0 Å². The van der Waals surface area contributed by atoms with Gasteiger partial charge in [-0.1, -0.05) is 23.8 Å². The number of halogens is 6. The number of nitrogens with zero attached hydrogens (tertiary/aromatic N) is 4. The highest BCUT2D eigenvalue weighted by Gasteiger charge is 2.40. The van der Waals surface area contributed by atoms with Gasteiger partial charge in [0.05, 0.1) is 23.5 Å². The number of carbonyl (C=O) groups excluding carboxylic acids is 2. The quantitative estimate of drug-likeness (QED) is 0.451. The maximum Gasteiger partial charge on any atom is 0.417 e. The fraction of sp³-hybridized carbons (Fsp3) is 0.250.